The largest absolute Gasteiger partial charge is 0.382 e. The first kappa shape index (κ1) is 12.5. The van der Waals surface area contributed by atoms with Gasteiger partial charge in [-0.3, -0.25) is 0 Å². The van der Waals surface area contributed by atoms with Crippen LogP contribution in [0.3, 0.4) is 0 Å². The number of aliphatic hydroxyl groups is 1. The molecule has 0 bridgehead atoms. The molecule has 1 unspecified atom stereocenters. The average molecular weight is 259 g/mol. The van der Waals surface area contributed by atoms with Gasteiger partial charge in [-0.2, -0.15) is 4.98 Å². The smallest absolute Gasteiger partial charge is 0.257 e. The zero-order valence-corrected chi connectivity index (χ0v) is 8.90. The molecule has 5 nitrogen and oxygen atoms in total. The summed E-state index contributed by atoms with van der Waals surface area (Å²) < 4.78 is 43.4. The third-order valence-corrected chi connectivity index (χ3v) is 2.19. The molecule has 1 atom stereocenters. The van der Waals surface area contributed by atoms with Crippen LogP contribution in [0, 0.1) is 17.5 Å². The van der Waals surface area contributed by atoms with Gasteiger partial charge >= 0.3 is 0 Å². The Labute approximate surface area is 99.0 Å². The van der Waals surface area contributed by atoms with E-state index in [1.54, 1.807) is 0 Å². The van der Waals surface area contributed by atoms with E-state index in [4.69, 9.17) is 5.73 Å². The van der Waals surface area contributed by atoms with E-state index < -0.39 is 23.6 Å². The first-order valence-electron chi connectivity index (χ1n) is 4.89. The van der Waals surface area contributed by atoms with Crippen molar-refractivity contribution in [3.8, 4) is 11.4 Å². The Morgan fingerprint density at radius 3 is 2.44 bits per heavy atom. The minimum atomic E-state index is -1.58. The Bertz CT molecular complexity index is 550. The van der Waals surface area contributed by atoms with Crippen LogP contribution in [0.4, 0.5) is 13.2 Å². The van der Waals surface area contributed by atoms with E-state index in [1.165, 1.54) is 0 Å². The van der Waals surface area contributed by atoms with Gasteiger partial charge in [0.25, 0.3) is 5.89 Å². The Morgan fingerprint density at radius 1 is 1.28 bits per heavy atom. The van der Waals surface area contributed by atoms with E-state index in [0.717, 1.165) is 12.1 Å². The highest BCUT2D eigenvalue weighted by Crippen LogP contribution is 2.22. The highest BCUT2D eigenvalue weighted by atomic mass is 19.2. The second-order valence-electron chi connectivity index (χ2n) is 3.46. The van der Waals surface area contributed by atoms with Gasteiger partial charge in [-0.15, -0.1) is 0 Å². The van der Waals surface area contributed by atoms with E-state index in [2.05, 4.69) is 14.7 Å². The maximum atomic E-state index is 13.0. The summed E-state index contributed by atoms with van der Waals surface area (Å²) in [7, 11) is 0. The van der Waals surface area contributed by atoms with Crippen LogP contribution < -0.4 is 5.73 Å². The highest BCUT2D eigenvalue weighted by molar-refractivity contribution is 5.54. The van der Waals surface area contributed by atoms with Gasteiger partial charge in [0.2, 0.25) is 5.82 Å². The number of rotatable bonds is 3. The fourth-order valence-corrected chi connectivity index (χ4v) is 1.27. The normalized spacial score (nSPS) is 12.7. The molecule has 0 spiro atoms. The molecule has 8 heteroatoms. The minimum absolute atomic E-state index is 0.106. The summed E-state index contributed by atoms with van der Waals surface area (Å²) in [5, 5.41) is 12.7. The van der Waals surface area contributed by atoms with Crippen molar-refractivity contribution in [1.82, 2.24) is 10.1 Å². The first-order valence-corrected chi connectivity index (χ1v) is 4.89. The Kier molecular flexibility index (Phi) is 3.30. The zero-order chi connectivity index (χ0) is 13.3. The van der Waals surface area contributed by atoms with Crippen molar-refractivity contribution in [3.05, 3.63) is 35.5 Å². The summed E-state index contributed by atoms with van der Waals surface area (Å²) in [6.07, 6.45) is -1.17. The lowest BCUT2D eigenvalue weighted by molar-refractivity contribution is 0.141. The molecule has 0 aliphatic carbocycles. The fourth-order valence-electron chi connectivity index (χ4n) is 1.27. The van der Waals surface area contributed by atoms with Crippen LogP contribution in [-0.4, -0.2) is 21.8 Å². The van der Waals surface area contributed by atoms with Gasteiger partial charge in [-0.25, -0.2) is 13.2 Å². The zero-order valence-electron chi connectivity index (χ0n) is 8.90. The topological polar surface area (TPSA) is 85.2 Å². The van der Waals surface area contributed by atoms with Gasteiger partial charge in [0.1, 0.15) is 6.10 Å². The number of hydrogen-bond acceptors (Lipinski definition) is 5. The van der Waals surface area contributed by atoms with E-state index in [1.807, 2.05) is 0 Å². The molecule has 1 aromatic heterocycles. The van der Waals surface area contributed by atoms with Crippen LogP contribution >= 0.6 is 0 Å². The molecule has 2 aromatic rings. The van der Waals surface area contributed by atoms with Gasteiger partial charge in [0.05, 0.1) is 0 Å². The van der Waals surface area contributed by atoms with Crippen molar-refractivity contribution < 1.29 is 22.8 Å². The number of aromatic nitrogens is 2. The summed E-state index contributed by atoms with van der Waals surface area (Å²) in [5.41, 5.74) is 5.07. The highest BCUT2D eigenvalue weighted by Gasteiger charge is 2.18. The molecular formula is C10H8F3N3O2. The van der Waals surface area contributed by atoms with Crippen molar-refractivity contribution in [2.24, 2.45) is 5.73 Å². The number of nitrogens with zero attached hydrogens (tertiary/aromatic N) is 2. The average Bonchev–Trinajstić information content (AvgIpc) is 2.84. The summed E-state index contributed by atoms with van der Waals surface area (Å²) >= 11 is 0. The SMILES string of the molecule is NCC(O)c1nc(-c2cc(F)c(F)c(F)c2)no1. The second kappa shape index (κ2) is 4.75. The number of benzene rings is 1. The van der Waals surface area contributed by atoms with E-state index in [9.17, 15) is 18.3 Å². The van der Waals surface area contributed by atoms with Gasteiger partial charge in [0.15, 0.2) is 17.5 Å². The third-order valence-electron chi connectivity index (χ3n) is 2.19. The lowest BCUT2D eigenvalue weighted by Crippen LogP contribution is -2.11. The molecule has 2 rings (SSSR count). The molecule has 1 heterocycles. The molecule has 0 amide bonds. The Morgan fingerprint density at radius 2 is 1.89 bits per heavy atom. The van der Waals surface area contributed by atoms with E-state index >= 15 is 0 Å². The molecule has 0 radical (unpaired) electrons. The first-order chi connectivity index (χ1) is 8.52. The number of aliphatic hydroxyl groups excluding tert-OH is 1. The van der Waals surface area contributed by atoms with Crippen molar-refractivity contribution in [1.29, 1.82) is 0 Å². The molecule has 0 aliphatic rings. The fraction of sp³-hybridized carbons (Fsp3) is 0.200. The number of halogens is 3. The van der Waals surface area contributed by atoms with E-state index in [-0.39, 0.29) is 23.8 Å². The predicted molar refractivity (Wildman–Crippen MR) is 53.6 cm³/mol. The van der Waals surface area contributed by atoms with Crippen LogP contribution in [0.5, 0.6) is 0 Å². The Hall–Kier alpha value is -1.93. The molecule has 0 aliphatic heterocycles. The number of hydrogen-bond donors (Lipinski definition) is 2. The quantitative estimate of drug-likeness (QED) is 0.807. The molecular weight excluding hydrogens is 251 g/mol. The molecule has 18 heavy (non-hydrogen) atoms. The maximum absolute atomic E-state index is 13.0. The Balaban J connectivity index is 2.40. The minimum Gasteiger partial charge on any atom is -0.382 e. The lowest BCUT2D eigenvalue weighted by Gasteiger charge is -1.99. The molecule has 1 aromatic carbocycles. The van der Waals surface area contributed by atoms with E-state index in [0.29, 0.717) is 0 Å². The molecule has 0 saturated carbocycles. The molecule has 3 N–H and O–H groups in total. The number of nitrogens with two attached hydrogens (primary N) is 1. The summed E-state index contributed by atoms with van der Waals surface area (Å²) in [6.45, 7) is -0.145. The van der Waals surface area contributed by atoms with Crippen LogP contribution in [0.15, 0.2) is 16.7 Å². The molecule has 0 saturated heterocycles. The van der Waals surface area contributed by atoms with Gasteiger partial charge in [-0.05, 0) is 12.1 Å². The molecule has 96 valence electrons. The second-order valence-corrected chi connectivity index (χ2v) is 3.46. The lowest BCUT2D eigenvalue weighted by atomic mass is 10.2. The van der Waals surface area contributed by atoms with Gasteiger partial charge in [0, 0.05) is 12.1 Å². The summed E-state index contributed by atoms with van der Waals surface area (Å²) in [6, 6.07) is 1.45. The van der Waals surface area contributed by atoms with Crippen molar-refractivity contribution in [2.75, 3.05) is 6.54 Å². The van der Waals surface area contributed by atoms with Crippen molar-refractivity contribution in [3.63, 3.8) is 0 Å². The predicted octanol–water partition coefficient (Wildman–Crippen LogP) is 1.15. The third kappa shape index (κ3) is 2.20. The summed E-state index contributed by atoms with van der Waals surface area (Å²) in [4.78, 5) is 3.70. The van der Waals surface area contributed by atoms with Crippen LogP contribution in [0.1, 0.15) is 12.0 Å². The maximum Gasteiger partial charge on any atom is 0.257 e. The van der Waals surface area contributed by atoms with Crippen LogP contribution in [0.2, 0.25) is 0 Å². The van der Waals surface area contributed by atoms with Crippen LogP contribution in [-0.2, 0) is 0 Å². The van der Waals surface area contributed by atoms with Crippen molar-refractivity contribution in [2.45, 2.75) is 6.10 Å². The van der Waals surface area contributed by atoms with Crippen molar-refractivity contribution >= 4 is 0 Å². The van der Waals surface area contributed by atoms with Crippen LogP contribution in [0.25, 0.3) is 11.4 Å². The summed E-state index contributed by atoms with van der Waals surface area (Å²) in [5.74, 6) is -4.66. The monoisotopic (exact) mass is 259 g/mol. The standard InChI is InChI=1S/C10H8F3N3O2/c11-5-1-4(2-6(12)8(5)13)9-15-10(18-16-9)7(17)3-14/h1-2,7,17H,3,14H2. The molecule has 0 fully saturated rings. The van der Waals surface area contributed by atoms with Gasteiger partial charge < -0.3 is 15.4 Å². The van der Waals surface area contributed by atoms with Gasteiger partial charge in [-0.1, -0.05) is 5.16 Å².